The molecule has 1 fully saturated rings. The van der Waals surface area contributed by atoms with Crippen LogP contribution in [-0.4, -0.2) is 4.83 Å². The van der Waals surface area contributed by atoms with Gasteiger partial charge in [-0.2, -0.15) is 0 Å². The lowest BCUT2D eigenvalue weighted by molar-refractivity contribution is 0.611. The highest BCUT2D eigenvalue weighted by Crippen LogP contribution is 2.36. The molecule has 0 amide bonds. The maximum absolute atomic E-state index is 3.90. The van der Waals surface area contributed by atoms with Gasteiger partial charge in [0.2, 0.25) is 0 Å². The molecule has 0 radical (unpaired) electrons. The van der Waals surface area contributed by atoms with E-state index in [4.69, 9.17) is 0 Å². The zero-order chi connectivity index (χ0) is 12.1. The molecule has 0 saturated heterocycles. The van der Waals surface area contributed by atoms with E-state index in [-0.39, 0.29) is 0 Å². The van der Waals surface area contributed by atoms with Gasteiger partial charge in [0.25, 0.3) is 0 Å². The van der Waals surface area contributed by atoms with Crippen molar-refractivity contribution < 1.29 is 0 Å². The van der Waals surface area contributed by atoms with Crippen LogP contribution in [0.4, 0.5) is 0 Å². The third kappa shape index (κ3) is 3.58. The Morgan fingerprint density at radius 2 is 2.00 bits per heavy atom. The first kappa shape index (κ1) is 13.1. The van der Waals surface area contributed by atoms with Crippen LogP contribution in [-0.2, 0) is 6.42 Å². The molecule has 94 valence electrons. The van der Waals surface area contributed by atoms with Crippen LogP contribution in [0.1, 0.15) is 62.5 Å². The predicted octanol–water partition coefficient (Wildman–Crippen LogP) is 5.45. The molecule has 0 aliphatic heterocycles. The van der Waals surface area contributed by atoms with Gasteiger partial charge < -0.3 is 0 Å². The molecule has 1 heteroatoms. The molecule has 1 aromatic rings. The summed E-state index contributed by atoms with van der Waals surface area (Å²) >= 11 is 3.90. The smallest absolute Gasteiger partial charge is 0.0214 e. The van der Waals surface area contributed by atoms with E-state index in [0.29, 0.717) is 4.83 Å². The molecule has 17 heavy (non-hydrogen) atoms. The highest BCUT2D eigenvalue weighted by Gasteiger charge is 2.22. The summed E-state index contributed by atoms with van der Waals surface area (Å²) in [5.41, 5.74) is 3.06. The molecule has 2 atom stereocenters. The molecule has 0 bridgehead atoms. The molecule has 2 rings (SSSR count). The Kier molecular flexibility index (Phi) is 5.09. The van der Waals surface area contributed by atoms with Crippen LogP contribution < -0.4 is 0 Å². The lowest BCUT2D eigenvalue weighted by atomic mass is 9.90. The minimum Gasteiger partial charge on any atom is -0.0884 e. The van der Waals surface area contributed by atoms with Crippen molar-refractivity contribution in [3.8, 4) is 0 Å². The molecule has 0 heterocycles. The van der Waals surface area contributed by atoms with Gasteiger partial charge in [-0.15, -0.1) is 0 Å². The number of aryl methyl sites for hydroxylation is 1. The maximum atomic E-state index is 3.90. The lowest BCUT2D eigenvalue weighted by Crippen LogP contribution is -2.10. The second kappa shape index (κ2) is 6.58. The van der Waals surface area contributed by atoms with E-state index in [2.05, 4.69) is 47.1 Å². The topological polar surface area (TPSA) is 0 Å². The van der Waals surface area contributed by atoms with E-state index >= 15 is 0 Å². The average molecular weight is 295 g/mol. The minimum absolute atomic E-state index is 0.682. The monoisotopic (exact) mass is 294 g/mol. The van der Waals surface area contributed by atoms with E-state index in [0.717, 1.165) is 5.92 Å². The summed E-state index contributed by atoms with van der Waals surface area (Å²) in [6, 6.07) is 9.27. The molecule has 1 saturated carbocycles. The van der Waals surface area contributed by atoms with Crippen LogP contribution in [0, 0.1) is 0 Å². The first-order chi connectivity index (χ1) is 8.31. The molecule has 1 aliphatic rings. The first-order valence-corrected chi connectivity index (χ1v) is 7.95. The molecule has 0 N–H and O–H groups in total. The van der Waals surface area contributed by atoms with Crippen LogP contribution in [0.3, 0.4) is 0 Å². The summed E-state index contributed by atoms with van der Waals surface area (Å²) < 4.78 is 0. The molecule has 2 unspecified atom stereocenters. The number of rotatable bonds is 3. The summed E-state index contributed by atoms with van der Waals surface area (Å²) in [7, 11) is 0. The minimum atomic E-state index is 0.682. The van der Waals surface area contributed by atoms with Crippen LogP contribution in [0.2, 0.25) is 0 Å². The highest BCUT2D eigenvalue weighted by atomic mass is 79.9. The third-order valence-corrected chi connectivity index (χ3v) is 4.95. The van der Waals surface area contributed by atoms with Crippen molar-refractivity contribution >= 4 is 15.9 Å². The SMILES string of the molecule is CCCc1cccc(C2CCCCCC2Br)c1. The average Bonchev–Trinajstić information content (AvgIpc) is 2.55. The van der Waals surface area contributed by atoms with E-state index in [1.54, 1.807) is 5.56 Å². The van der Waals surface area contributed by atoms with Gasteiger partial charge in [-0.1, -0.05) is 72.8 Å². The van der Waals surface area contributed by atoms with Crippen molar-refractivity contribution in [3.05, 3.63) is 35.4 Å². The van der Waals surface area contributed by atoms with Crippen molar-refractivity contribution in [1.29, 1.82) is 0 Å². The standard InChI is InChI=1S/C16H23Br/c1-2-7-13-8-6-9-14(12-13)15-10-4-3-5-11-16(15)17/h6,8-9,12,15-16H,2-5,7,10-11H2,1H3. The van der Waals surface area contributed by atoms with Gasteiger partial charge in [-0.05, 0) is 36.3 Å². The largest absolute Gasteiger partial charge is 0.0884 e. The van der Waals surface area contributed by atoms with Crippen molar-refractivity contribution in [1.82, 2.24) is 0 Å². The Labute approximate surface area is 114 Å². The summed E-state index contributed by atoms with van der Waals surface area (Å²) in [5, 5.41) is 0. The van der Waals surface area contributed by atoms with E-state index in [9.17, 15) is 0 Å². The molecular formula is C16H23Br. The highest BCUT2D eigenvalue weighted by molar-refractivity contribution is 9.09. The van der Waals surface area contributed by atoms with Gasteiger partial charge in [-0.25, -0.2) is 0 Å². The third-order valence-electron chi connectivity index (χ3n) is 3.85. The van der Waals surface area contributed by atoms with E-state index in [1.807, 2.05) is 0 Å². The van der Waals surface area contributed by atoms with Gasteiger partial charge in [0, 0.05) is 4.83 Å². The van der Waals surface area contributed by atoms with Gasteiger partial charge in [-0.3, -0.25) is 0 Å². The van der Waals surface area contributed by atoms with Gasteiger partial charge >= 0.3 is 0 Å². The molecule has 0 aromatic heterocycles. The number of benzene rings is 1. The number of hydrogen-bond acceptors (Lipinski definition) is 0. The van der Waals surface area contributed by atoms with Crippen LogP contribution >= 0.6 is 15.9 Å². The zero-order valence-electron chi connectivity index (χ0n) is 10.8. The fraction of sp³-hybridized carbons (Fsp3) is 0.625. The van der Waals surface area contributed by atoms with Crippen LogP contribution in [0.25, 0.3) is 0 Å². The van der Waals surface area contributed by atoms with Crippen LogP contribution in [0.15, 0.2) is 24.3 Å². The first-order valence-electron chi connectivity index (χ1n) is 7.04. The summed E-state index contributed by atoms with van der Waals surface area (Å²) in [6.07, 6.45) is 9.34. The lowest BCUT2D eigenvalue weighted by Gasteiger charge is -2.21. The van der Waals surface area contributed by atoms with Crippen molar-refractivity contribution in [2.75, 3.05) is 0 Å². The fourth-order valence-corrected chi connectivity index (χ4v) is 3.80. The second-order valence-corrected chi connectivity index (χ2v) is 6.43. The number of halogens is 1. The molecule has 0 spiro atoms. The van der Waals surface area contributed by atoms with E-state index in [1.165, 1.54) is 50.5 Å². The van der Waals surface area contributed by atoms with Crippen molar-refractivity contribution in [2.45, 2.75) is 62.6 Å². The Bertz CT molecular complexity index is 345. The Morgan fingerprint density at radius 1 is 1.18 bits per heavy atom. The van der Waals surface area contributed by atoms with Crippen molar-refractivity contribution in [3.63, 3.8) is 0 Å². The predicted molar refractivity (Wildman–Crippen MR) is 79.0 cm³/mol. The summed E-state index contributed by atoms with van der Waals surface area (Å²) in [4.78, 5) is 0.682. The normalized spacial score (nSPS) is 25.5. The number of hydrogen-bond donors (Lipinski definition) is 0. The van der Waals surface area contributed by atoms with Crippen LogP contribution in [0.5, 0.6) is 0 Å². The van der Waals surface area contributed by atoms with Gasteiger partial charge in [0.1, 0.15) is 0 Å². The molecule has 1 aliphatic carbocycles. The van der Waals surface area contributed by atoms with Gasteiger partial charge in [0.05, 0.1) is 0 Å². The second-order valence-electron chi connectivity index (χ2n) is 5.26. The summed E-state index contributed by atoms with van der Waals surface area (Å²) in [5.74, 6) is 0.731. The molecule has 0 nitrogen and oxygen atoms in total. The molecular weight excluding hydrogens is 272 g/mol. The van der Waals surface area contributed by atoms with Crippen molar-refractivity contribution in [2.24, 2.45) is 0 Å². The Balaban J connectivity index is 2.16. The zero-order valence-corrected chi connectivity index (χ0v) is 12.4. The Hall–Kier alpha value is -0.300. The quantitative estimate of drug-likeness (QED) is 0.514. The maximum Gasteiger partial charge on any atom is 0.0214 e. The number of alkyl halides is 1. The summed E-state index contributed by atoms with van der Waals surface area (Å²) in [6.45, 7) is 2.26. The van der Waals surface area contributed by atoms with Gasteiger partial charge in [0.15, 0.2) is 0 Å². The fourth-order valence-electron chi connectivity index (χ4n) is 2.91. The Morgan fingerprint density at radius 3 is 2.82 bits per heavy atom. The van der Waals surface area contributed by atoms with E-state index < -0.39 is 0 Å². The molecule has 1 aromatic carbocycles.